The lowest BCUT2D eigenvalue weighted by atomic mass is 9.76. The van der Waals surface area contributed by atoms with Crippen molar-refractivity contribution in [2.24, 2.45) is 17.8 Å². The number of methoxy groups -OCH3 is 1. The number of halogens is 1. The Morgan fingerprint density at radius 1 is 1.32 bits per heavy atom. The summed E-state index contributed by atoms with van der Waals surface area (Å²) in [5.41, 5.74) is 0. The average molecular weight is 311 g/mol. The van der Waals surface area contributed by atoms with Crippen LogP contribution in [0.2, 0.25) is 0 Å². The summed E-state index contributed by atoms with van der Waals surface area (Å²) < 4.78 is 18.7. The molecule has 2 aliphatic carbocycles. The molecule has 0 radical (unpaired) electrons. The predicted octanol–water partition coefficient (Wildman–Crippen LogP) is 3.51. The number of allylic oxidation sites excluding steroid dienone is 3. The van der Waals surface area contributed by atoms with Crippen LogP contribution < -0.4 is 0 Å². The maximum absolute atomic E-state index is 13.6. The molecular weight excluding hydrogens is 281 g/mol. The van der Waals surface area contributed by atoms with Gasteiger partial charge in [-0.3, -0.25) is 0 Å². The van der Waals surface area contributed by atoms with Gasteiger partial charge in [0.2, 0.25) is 0 Å². The molecule has 1 saturated carbocycles. The summed E-state index contributed by atoms with van der Waals surface area (Å²) in [7, 11) is 5.70. The highest BCUT2D eigenvalue weighted by atomic mass is 19.1. The van der Waals surface area contributed by atoms with Gasteiger partial charge < -0.3 is 14.7 Å². The summed E-state index contributed by atoms with van der Waals surface area (Å²) in [5.74, 6) is 1.77. The highest BCUT2D eigenvalue weighted by molar-refractivity contribution is 5.21. The van der Waals surface area contributed by atoms with Crippen LogP contribution in [0.15, 0.2) is 23.7 Å². The lowest BCUT2D eigenvalue weighted by Crippen LogP contribution is -2.36. The van der Waals surface area contributed by atoms with Gasteiger partial charge >= 0.3 is 0 Å². The molecule has 0 aromatic carbocycles. The van der Waals surface area contributed by atoms with Crippen molar-refractivity contribution in [3.63, 3.8) is 0 Å². The van der Waals surface area contributed by atoms with Crippen molar-refractivity contribution in [2.75, 3.05) is 27.7 Å². The topological polar surface area (TPSA) is 32.7 Å². The lowest BCUT2D eigenvalue weighted by molar-refractivity contribution is 0.0296. The molecule has 2 aliphatic rings. The third kappa shape index (κ3) is 5.10. The fraction of sp³-hybridized carbons (Fsp3) is 0.778. The molecule has 0 saturated heterocycles. The van der Waals surface area contributed by atoms with Crippen LogP contribution in [-0.4, -0.2) is 43.9 Å². The number of nitrogens with zero attached hydrogens (tertiary/aromatic N) is 1. The molecule has 0 heterocycles. The van der Waals surface area contributed by atoms with Crippen molar-refractivity contribution in [3.05, 3.63) is 23.7 Å². The monoisotopic (exact) mass is 311 g/mol. The fourth-order valence-corrected chi connectivity index (χ4v) is 3.80. The predicted molar refractivity (Wildman–Crippen MR) is 87.0 cm³/mol. The van der Waals surface area contributed by atoms with Crippen molar-refractivity contribution in [2.45, 2.75) is 44.6 Å². The van der Waals surface area contributed by atoms with Crippen LogP contribution >= 0.6 is 0 Å². The van der Waals surface area contributed by atoms with Gasteiger partial charge in [0.25, 0.3) is 0 Å². The average Bonchev–Trinajstić information content (AvgIpc) is 2.46. The molecular formula is C18H30FNO2. The Kier molecular flexibility index (Phi) is 6.45. The van der Waals surface area contributed by atoms with Gasteiger partial charge in [-0.25, -0.2) is 4.39 Å². The van der Waals surface area contributed by atoms with E-state index < -0.39 is 0 Å². The minimum Gasteiger partial charge on any atom is -0.497 e. The van der Waals surface area contributed by atoms with E-state index in [1.807, 2.05) is 6.08 Å². The second-order valence-electron chi connectivity index (χ2n) is 7.17. The van der Waals surface area contributed by atoms with Crippen LogP contribution in [-0.2, 0) is 4.74 Å². The van der Waals surface area contributed by atoms with Gasteiger partial charge in [-0.05, 0) is 70.0 Å². The molecule has 0 aromatic rings. The molecule has 1 fully saturated rings. The first-order valence-corrected chi connectivity index (χ1v) is 8.42. The number of hydrogen-bond donors (Lipinski definition) is 1. The second-order valence-corrected chi connectivity index (χ2v) is 7.17. The zero-order valence-corrected chi connectivity index (χ0v) is 14.1. The van der Waals surface area contributed by atoms with E-state index in [-0.39, 0.29) is 17.8 Å². The minimum absolute atomic E-state index is 0.0842. The van der Waals surface area contributed by atoms with E-state index in [2.05, 4.69) is 19.0 Å². The minimum atomic E-state index is -0.186. The Hall–Kier alpha value is -0.870. The third-order valence-electron chi connectivity index (χ3n) is 5.00. The zero-order valence-electron chi connectivity index (χ0n) is 14.1. The first-order valence-electron chi connectivity index (χ1n) is 8.42. The van der Waals surface area contributed by atoms with Crippen molar-refractivity contribution in [1.29, 1.82) is 0 Å². The lowest BCUT2D eigenvalue weighted by Gasteiger charge is -2.35. The van der Waals surface area contributed by atoms with Crippen LogP contribution in [0.1, 0.15) is 38.5 Å². The Morgan fingerprint density at radius 3 is 2.73 bits per heavy atom. The molecule has 0 spiro atoms. The molecule has 2 rings (SSSR count). The normalized spacial score (nSPS) is 32.6. The van der Waals surface area contributed by atoms with Crippen LogP contribution in [0.4, 0.5) is 4.39 Å². The second kappa shape index (κ2) is 8.11. The Balaban J connectivity index is 1.77. The van der Waals surface area contributed by atoms with Gasteiger partial charge in [0.1, 0.15) is 11.6 Å². The number of aliphatic hydroxyl groups is 1. The number of rotatable bonds is 6. The van der Waals surface area contributed by atoms with Crippen molar-refractivity contribution < 1.29 is 14.2 Å². The summed E-state index contributed by atoms with van der Waals surface area (Å²) in [4.78, 5) is 2.16. The summed E-state index contributed by atoms with van der Waals surface area (Å²) >= 11 is 0. The van der Waals surface area contributed by atoms with E-state index >= 15 is 0 Å². The van der Waals surface area contributed by atoms with Gasteiger partial charge in [0.05, 0.1) is 13.2 Å². The number of aliphatic hydroxyl groups excluding tert-OH is 1. The highest BCUT2D eigenvalue weighted by Gasteiger charge is 2.29. The van der Waals surface area contributed by atoms with E-state index in [4.69, 9.17) is 4.74 Å². The van der Waals surface area contributed by atoms with E-state index in [0.717, 1.165) is 32.2 Å². The third-order valence-corrected chi connectivity index (χ3v) is 5.00. The standard InChI is InChI=1S/C18H30FNO2/c1-20(2)12-15-7-6-13(10-18(15)21)4-5-14-8-16(19)11-17(9-14)22-3/h9,11,13-15,18,21H,4-8,10,12H2,1-3H3/t13-,14?,15+,18+/m0/s1. The van der Waals surface area contributed by atoms with E-state index in [0.29, 0.717) is 24.0 Å². The molecule has 0 aromatic heterocycles. The SMILES string of the molecule is COC1=CC(CC[C@H]2CC[C@H](CN(C)C)[C@H](O)C2)CC(F)=C1. The molecule has 126 valence electrons. The van der Waals surface area contributed by atoms with Crippen LogP contribution in [0.5, 0.6) is 0 Å². The van der Waals surface area contributed by atoms with Crippen molar-refractivity contribution in [1.82, 2.24) is 4.90 Å². The Morgan fingerprint density at radius 2 is 2.09 bits per heavy atom. The maximum atomic E-state index is 13.6. The number of hydrogen-bond acceptors (Lipinski definition) is 3. The van der Waals surface area contributed by atoms with E-state index in [1.54, 1.807) is 7.11 Å². The summed E-state index contributed by atoms with van der Waals surface area (Å²) in [6.45, 7) is 0.965. The first-order chi connectivity index (χ1) is 10.5. The van der Waals surface area contributed by atoms with Crippen molar-refractivity contribution >= 4 is 0 Å². The molecule has 22 heavy (non-hydrogen) atoms. The highest BCUT2D eigenvalue weighted by Crippen LogP contribution is 2.35. The largest absolute Gasteiger partial charge is 0.497 e. The van der Waals surface area contributed by atoms with Crippen LogP contribution in [0, 0.1) is 17.8 Å². The first kappa shape index (κ1) is 17.5. The Bertz CT molecular complexity index is 419. The van der Waals surface area contributed by atoms with Crippen LogP contribution in [0.3, 0.4) is 0 Å². The van der Waals surface area contributed by atoms with E-state index in [9.17, 15) is 9.50 Å². The van der Waals surface area contributed by atoms with Gasteiger partial charge in [0.15, 0.2) is 0 Å². The summed E-state index contributed by atoms with van der Waals surface area (Å²) in [5, 5.41) is 10.3. The molecule has 4 atom stereocenters. The maximum Gasteiger partial charge on any atom is 0.117 e. The Labute approximate surface area is 133 Å². The molecule has 1 N–H and O–H groups in total. The molecule has 0 amide bonds. The molecule has 4 heteroatoms. The van der Waals surface area contributed by atoms with Gasteiger partial charge in [0, 0.05) is 19.0 Å². The summed E-state index contributed by atoms with van der Waals surface area (Å²) in [6, 6.07) is 0. The molecule has 1 unspecified atom stereocenters. The van der Waals surface area contributed by atoms with E-state index in [1.165, 1.54) is 12.5 Å². The smallest absolute Gasteiger partial charge is 0.117 e. The van der Waals surface area contributed by atoms with Gasteiger partial charge in [-0.2, -0.15) is 0 Å². The van der Waals surface area contributed by atoms with Crippen LogP contribution in [0.25, 0.3) is 0 Å². The van der Waals surface area contributed by atoms with Gasteiger partial charge in [-0.1, -0.05) is 0 Å². The quantitative estimate of drug-likeness (QED) is 0.815. The molecule has 3 nitrogen and oxygen atoms in total. The zero-order chi connectivity index (χ0) is 16.1. The van der Waals surface area contributed by atoms with Crippen molar-refractivity contribution in [3.8, 4) is 0 Å². The fourth-order valence-electron chi connectivity index (χ4n) is 3.80. The number of ether oxygens (including phenoxy) is 1. The molecule has 0 aliphatic heterocycles. The molecule has 0 bridgehead atoms. The van der Waals surface area contributed by atoms with Gasteiger partial charge in [-0.15, -0.1) is 0 Å². The summed E-state index contributed by atoms with van der Waals surface area (Å²) in [6.07, 6.45) is 9.04.